The molecule has 2 unspecified atom stereocenters. The number of rotatable bonds is 3. The maximum absolute atomic E-state index is 10.8. The highest BCUT2D eigenvalue weighted by molar-refractivity contribution is 7.86. The molecular weight excluding hydrogens is 192 g/mol. The fourth-order valence-electron chi connectivity index (χ4n) is 1.02. The van der Waals surface area contributed by atoms with Crippen LogP contribution >= 0.6 is 0 Å². The topological polar surface area (TPSA) is 83.0 Å². The summed E-state index contributed by atoms with van der Waals surface area (Å²) in [7, 11) is -3.98. The Morgan fingerprint density at radius 3 is 2.54 bits per heavy atom. The largest absolute Gasteiger partial charge is 0.285 e. The minimum Gasteiger partial charge on any atom is -0.285 e. The van der Waals surface area contributed by atoms with Crippen LogP contribution in [-0.2, 0) is 10.1 Å². The minimum absolute atomic E-state index is 0.318. The molecule has 74 valence electrons. The third-order valence-electron chi connectivity index (χ3n) is 2.16. The van der Waals surface area contributed by atoms with E-state index in [9.17, 15) is 8.42 Å². The number of hydrogen-bond acceptors (Lipinski definition) is 3. The van der Waals surface area contributed by atoms with Crippen molar-refractivity contribution in [2.24, 2.45) is 0 Å². The zero-order valence-electron chi connectivity index (χ0n) is 7.43. The van der Waals surface area contributed by atoms with Gasteiger partial charge in [-0.1, -0.05) is 6.92 Å². The third kappa shape index (κ3) is 2.28. The predicted octanol–water partition coefficient (Wildman–Crippen LogP) is 0.789. The first kappa shape index (κ1) is 10.2. The Bertz CT molecular complexity index is 357. The average molecular weight is 204 g/mol. The predicted molar refractivity (Wildman–Crippen MR) is 48.0 cm³/mol. The Hall–Kier alpha value is -0.880. The molecule has 1 aromatic heterocycles. The van der Waals surface area contributed by atoms with Gasteiger partial charge < -0.3 is 0 Å². The van der Waals surface area contributed by atoms with E-state index in [0.29, 0.717) is 5.69 Å². The van der Waals surface area contributed by atoms with Crippen LogP contribution < -0.4 is 0 Å². The number of H-pyrrole nitrogens is 1. The van der Waals surface area contributed by atoms with Crippen LogP contribution in [0.3, 0.4) is 0 Å². The van der Waals surface area contributed by atoms with Crippen LogP contribution in [0.1, 0.15) is 25.5 Å². The van der Waals surface area contributed by atoms with Gasteiger partial charge in [0, 0.05) is 12.1 Å². The third-order valence-corrected chi connectivity index (χ3v) is 3.51. The molecule has 0 saturated carbocycles. The van der Waals surface area contributed by atoms with Gasteiger partial charge in [-0.25, -0.2) is 0 Å². The molecule has 0 aliphatic carbocycles. The minimum atomic E-state index is -3.98. The van der Waals surface area contributed by atoms with Gasteiger partial charge >= 0.3 is 0 Å². The standard InChI is InChI=1S/C7H12N2O3S/c1-5(6(2)13(10,11)12)7-3-4-8-9-7/h3-6H,1-2H3,(H,8,9)(H,10,11,12). The maximum Gasteiger partial charge on any atom is 0.268 e. The van der Waals surface area contributed by atoms with E-state index in [2.05, 4.69) is 10.2 Å². The second kappa shape index (κ2) is 3.47. The van der Waals surface area contributed by atoms with Gasteiger partial charge in [-0.05, 0) is 13.0 Å². The summed E-state index contributed by atoms with van der Waals surface area (Å²) in [4.78, 5) is 0. The molecule has 2 N–H and O–H groups in total. The van der Waals surface area contributed by atoms with Crippen LogP contribution in [0.4, 0.5) is 0 Å². The zero-order valence-corrected chi connectivity index (χ0v) is 8.25. The molecule has 13 heavy (non-hydrogen) atoms. The molecule has 0 aromatic carbocycles. The monoisotopic (exact) mass is 204 g/mol. The molecule has 0 aliphatic rings. The molecule has 0 saturated heterocycles. The van der Waals surface area contributed by atoms with Crippen molar-refractivity contribution < 1.29 is 13.0 Å². The fraction of sp³-hybridized carbons (Fsp3) is 0.571. The van der Waals surface area contributed by atoms with Gasteiger partial charge in [-0.15, -0.1) is 0 Å². The van der Waals surface area contributed by atoms with Gasteiger partial charge in [0.05, 0.1) is 10.9 Å². The Balaban J connectivity index is 2.86. The number of aromatic amines is 1. The molecule has 0 amide bonds. The van der Waals surface area contributed by atoms with Crippen LogP contribution in [0, 0.1) is 0 Å². The molecule has 0 radical (unpaired) electrons. The first-order valence-corrected chi connectivity index (χ1v) is 5.39. The number of aromatic nitrogens is 2. The highest BCUT2D eigenvalue weighted by Gasteiger charge is 2.26. The molecule has 1 aromatic rings. The summed E-state index contributed by atoms with van der Waals surface area (Å²) >= 11 is 0. The first-order valence-electron chi connectivity index (χ1n) is 3.89. The molecule has 0 bridgehead atoms. The van der Waals surface area contributed by atoms with Crippen molar-refractivity contribution in [3.05, 3.63) is 18.0 Å². The molecule has 0 fully saturated rings. The Morgan fingerprint density at radius 2 is 2.15 bits per heavy atom. The number of hydrogen-bond donors (Lipinski definition) is 2. The van der Waals surface area contributed by atoms with Crippen LogP contribution in [0.2, 0.25) is 0 Å². The molecule has 6 heteroatoms. The highest BCUT2D eigenvalue weighted by Crippen LogP contribution is 2.20. The van der Waals surface area contributed by atoms with Gasteiger partial charge in [0.1, 0.15) is 0 Å². The summed E-state index contributed by atoms with van der Waals surface area (Å²) < 4.78 is 30.4. The Labute approximate surface area is 76.9 Å². The summed E-state index contributed by atoms with van der Waals surface area (Å²) in [5, 5.41) is 5.60. The maximum atomic E-state index is 10.8. The number of nitrogens with one attached hydrogen (secondary N) is 1. The van der Waals surface area contributed by atoms with E-state index >= 15 is 0 Å². The summed E-state index contributed by atoms with van der Waals surface area (Å²) in [6.07, 6.45) is 1.61. The lowest BCUT2D eigenvalue weighted by molar-refractivity contribution is 0.460. The van der Waals surface area contributed by atoms with Crippen molar-refractivity contribution >= 4 is 10.1 Å². The van der Waals surface area contributed by atoms with E-state index in [1.165, 1.54) is 6.92 Å². The Kier molecular flexibility index (Phi) is 2.72. The van der Waals surface area contributed by atoms with E-state index in [1.54, 1.807) is 19.2 Å². The van der Waals surface area contributed by atoms with Crippen molar-refractivity contribution in [3.8, 4) is 0 Å². The molecule has 0 aliphatic heterocycles. The van der Waals surface area contributed by atoms with Gasteiger partial charge in [-0.2, -0.15) is 13.5 Å². The van der Waals surface area contributed by atoms with Crippen LogP contribution in [0.15, 0.2) is 12.3 Å². The summed E-state index contributed by atoms with van der Waals surface area (Å²) in [6, 6.07) is 1.69. The number of nitrogens with zero attached hydrogens (tertiary/aromatic N) is 1. The zero-order chi connectivity index (χ0) is 10.1. The van der Waals surface area contributed by atoms with E-state index in [-0.39, 0.29) is 5.92 Å². The van der Waals surface area contributed by atoms with Crippen molar-refractivity contribution in [1.82, 2.24) is 10.2 Å². The highest BCUT2D eigenvalue weighted by atomic mass is 32.2. The van der Waals surface area contributed by atoms with Gasteiger partial charge in [0.2, 0.25) is 0 Å². The van der Waals surface area contributed by atoms with Crippen molar-refractivity contribution in [2.75, 3.05) is 0 Å². The molecule has 1 rings (SSSR count). The van der Waals surface area contributed by atoms with E-state index < -0.39 is 15.4 Å². The van der Waals surface area contributed by atoms with Crippen LogP contribution in [0.25, 0.3) is 0 Å². The molecule has 5 nitrogen and oxygen atoms in total. The lowest BCUT2D eigenvalue weighted by Crippen LogP contribution is -2.23. The second-order valence-corrected chi connectivity index (χ2v) is 4.78. The normalized spacial score (nSPS) is 16.8. The van der Waals surface area contributed by atoms with Gasteiger partial charge in [0.15, 0.2) is 0 Å². The quantitative estimate of drug-likeness (QED) is 0.713. The first-order chi connectivity index (χ1) is 5.93. The molecule has 1 heterocycles. The summed E-state index contributed by atoms with van der Waals surface area (Å²) in [6.45, 7) is 3.16. The van der Waals surface area contributed by atoms with Crippen LogP contribution in [-0.4, -0.2) is 28.4 Å². The van der Waals surface area contributed by atoms with E-state index in [1.807, 2.05) is 0 Å². The van der Waals surface area contributed by atoms with Crippen molar-refractivity contribution in [3.63, 3.8) is 0 Å². The summed E-state index contributed by atoms with van der Waals surface area (Å²) in [5.74, 6) is -0.318. The Morgan fingerprint density at radius 1 is 1.54 bits per heavy atom. The second-order valence-electron chi connectivity index (χ2n) is 3.01. The smallest absolute Gasteiger partial charge is 0.268 e. The lowest BCUT2D eigenvalue weighted by atomic mass is 10.1. The molecule has 2 atom stereocenters. The molecular formula is C7H12N2O3S. The van der Waals surface area contributed by atoms with Crippen molar-refractivity contribution in [2.45, 2.75) is 25.0 Å². The van der Waals surface area contributed by atoms with E-state index in [4.69, 9.17) is 4.55 Å². The lowest BCUT2D eigenvalue weighted by Gasteiger charge is -2.14. The van der Waals surface area contributed by atoms with Gasteiger partial charge in [-0.3, -0.25) is 9.65 Å². The van der Waals surface area contributed by atoms with Crippen molar-refractivity contribution in [1.29, 1.82) is 0 Å². The van der Waals surface area contributed by atoms with E-state index in [0.717, 1.165) is 0 Å². The molecule has 0 spiro atoms. The summed E-state index contributed by atoms with van der Waals surface area (Å²) in [5.41, 5.74) is 0.630. The SMILES string of the molecule is CC(c1cc[nH]n1)C(C)S(=O)(=O)O. The van der Waals surface area contributed by atoms with Crippen LogP contribution in [0.5, 0.6) is 0 Å². The average Bonchev–Trinajstić information content (AvgIpc) is 2.51. The van der Waals surface area contributed by atoms with Gasteiger partial charge in [0.25, 0.3) is 10.1 Å². The fourth-order valence-corrected chi connectivity index (χ4v) is 1.68.